The lowest BCUT2D eigenvalue weighted by molar-refractivity contribution is 0.102. The van der Waals surface area contributed by atoms with Gasteiger partial charge in [0.25, 0.3) is 11.5 Å². The molecule has 28 heavy (non-hydrogen) atoms. The van der Waals surface area contributed by atoms with Gasteiger partial charge < -0.3 is 5.32 Å². The molecule has 0 aliphatic rings. The number of nitrogens with one attached hydrogen (secondary N) is 1. The van der Waals surface area contributed by atoms with Crippen molar-refractivity contribution in [2.75, 3.05) is 5.32 Å². The molecule has 0 spiro atoms. The van der Waals surface area contributed by atoms with Crippen molar-refractivity contribution >= 4 is 22.5 Å². The van der Waals surface area contributed by atoms with Gasteiger partial charge in [0, 0.05) is 17.3 Å². The first-order chi connectivity index (χ1) is 13.6. The van der Waals surface area contributed by atoms with Gasteiger partial charge in [-0.2, -0.15) is 0 Å². The van der Waals surface area contributed by atoms with Crippen molar-refractivity contribution in [1.29, 1.82) is 0 Å². The van der Waals surface area contributed by atoms with Crippen LogP contribution in [0, 0.1) is 5.82 Å². The summed E-state index contributed by atoms with van der Waals surface area (Å²) in [5, 5.41) is 3.19. The molecule has 0 saturated heterocycles. The number of anilines is 1. The Morgan fingerprint density at radius 1 is 1.00 bits per heavy atom. The molecule has 0 atom stereocenters. The quantitative estimate of drug-likeness (QED) is 0.591. The van der Waals surface area contributed by atoms with E-state index in [9.17, 15) is 14.0 Å². The molecular weight excluding hydrogens is 357 g/mol. The van der Waals surface area contributed by atoms with Crippen molar-refractivity contribution in [3.05, 3.63) is 106 Å². The molecule has 1 heterocycles. The van der Waals surface area contributed by atoms with Gasteiger partial charge in [-0.05, 0) is 42.0 Å². The van der Waals surface area contributed by atoms with Crippen LogP contribution in [-0.4, -0.2) is 15.5 Å². The van der Waals surface area contributed by atoms with Crippen LogP contribution in [0.25, 0.3) is 10.9 Å². The van der Waals surface area contributed by atoms with Crippen LogP contribution >= 0.6 is 0 Å². The van der Waals surface area contributed by atoms with Gasteiger partial charge in [-0.15, -0.1) is 0 Å². The van der Waals surface area contributed by atoms with E-state index in [2.05, 4.69) is 10.3 Å². The highest BCUT2D eigenvalue weighted by Crippen LogP contribution is 2.12. The van der Waals surface area contributed by atoms with Crippen LogP contribution in [0.1, 0.15) is 15.9 Å². The van der Waals surface area contributed by atoms with Gasteiger partial charge in [0.05, 0.1) is 23.8 Å². The lowest BCUT2D eigenvalue weighted by Crippen LogP contribution is -2.21. The first-order valence-corrected chi connectivity index (χ1v) is 8.70. The van der Waals surface area contributed by atoms with Crippen molar-refractivity contribution in [3.8, 4) is 0 Å². The topological polar surface area (TPSA) is 64.0 Å². The number of carbonyl (C=O) groups is 1. The highest BCUT2D eigenvalue weighted by Gasteiger charge is 2.08. The molecule has 4 rings (SSSR count). The van der Waals surface area contributed by atoms with Gasteiger partial charge in [-0.3, -0.25) is 14.2 Å². The summed E-state index contributed by atoms with van der Waals surface area (Å²) in [6, 6.07) is 20.1. The molecule has 138 valence electrons. The molecule has 1 aromatic heterocycles. The first-order valence-electron chi connectivity index (χ1n) is 8.70. The van der Waals surface area contributed by atoms with Crippen molar-refractivity contribution in [2.24, 2.45) is 0 Å². The van der Waals surface area contributed by atoms with Crippen LogP contribution < -0.4 is 10.9 Å². The SMILES string of the molecule is O=C(Nc1ccccc1)c1ccc(Cn2cnc3cc(F)ccc3c2=O)cc1. The zero-order chi connectivity index (χ0) is 19.5. The lowest BCUT2D eigenvalue weighted by Gasteiger charge is -2.08. The van der Waals surface area contributed by atoms with Crippen molar-refractivity contribution in [1.82, 2.24) is 9.55 Å². The zero-order valence-corrected chi connectivity index (χ0v) is 14.8. The van der Waals surface area contributed by atoms with E-state index in [1.54, 1.807) is 24.3 Å². The summed E-state index contributed by atoms with van der Waals surface area (Å²) in [7, 11) is 0. The Labute approximate surface area is 160 Å². The van der Waals surface area contributed by atoms with E-state index in [0.717, 1.165) is 11.3 Å². The van der Waals surface area contributed by atoms with E-state index >= 15 is 0 Å². The second-order valence-electron chi connectivity index (χ2n) is 6.36. The number of carbonyl (C=O) groups excluding carboxylic acids is 1. The Bertz CT molecular complexity index is 1200. The monoisotopic (exact) mass is 373 g/mol. The minimum Gasteiger partial charge on any atom is -0.322 e. The third-order valence-corrected chi connectivity index (χ3v) is 4.39. The number of nitrogens with zero attached hydrogens (tertiary/aromatic N) is 2. The number of fused-ring (bicyclic) bond motifs is 1. The number of rotatable bonds is 4. The van der Waals surface area contributed by atoms with Crippen LogP contribution in [0.5, 0.6) is 0 Å². The lowest BCUT2D eigenvalue weighted by atomic mass is 10.1. The normalized spacial score (nSPS) is 10.8. The summed E-state index contributed by atoms with van der Waals surface area (Å²) in [6.45, 7) is 0.305. The molecule has 4 aromatic rings. The smallest absolute Gasteiger partial charge is 0.261 e. The molecule has 0 aliphatic heterocycles. The molecule has 0 unspecified atom stereocenters. The maximum atomic E-state index is 13.3. The van der Waals surface area contributed by atoms with Crippen LogP contribution in [0.15, 0.2) is 83.9 Å². The zero-order valence-electron chi connectivity index (χ0n) is 14.8. The summed E-state index contributed by atoms with van der Waals surface area (Å²) in [4.78, 5) is 29.0. The first kappa shape index (κ1) is 17.6. The van der Waals surface area contributed by atoms with Gasteiger partial charge in [-0.1, -0.05) is 30.3 Å². The van der Waals surface area contributed by atoms with Gasteiger partial charge >= 0.3 is 0 Å². The summed E-state index contributed by atoms with van der Waals surface area (Å²) >= 11 is 0. The van der Waals surface area contributed by atoms with Gasteiger partial charge in [0.15, 0.2) is 0 Å². The second-order valence-corrected chi connectivity index (χ2v) is 6.36. The van der Waals surface area contributed by atoms with E-state index in [1.807, 2.05) is 30.3 Å². The molecule has 5 nitrogen and oxygen atoms in total. The maximum absolute atomic E-state index is 13.3. The third-order valence-electron chi connectivity index (χ3n) is 4.39. The fourth-order valence-electron chi connectivity index (χ4n) is 2.93. The van der Waals surface area contributed by atoms with E-state index in [1.165, 1.54) is 29.1 Å². The van der Waals surface area contributed by atoms with Crippen molar-refractivity contribution in [3.63, 3.8) is 0 Å². The van der Waals surface area contributed by atoms with E-state index < -0.39 is 5.82 Å². The van der Waals surface area contributed by atoms with Crippen molar-refractivity contribution < 1.29 is 9.18 Å². The van der Waals surface area contributed by atoms with Crippen molar-refractivity contribution in [2.45, 2.75) is 6.54 Å². The Hall–Kier alpha value is -3.80. The molecule has 3 aromatic carbocycles. The van der Waals surface area contributed by atoms with Gasteiger partial charge in [0.2, 0.25) is 0 Å². The molecule has 0 aliphatic carbocycles. The molecule has 1 N–H and O–H groups in total. The highest BCUT2D eigenvalue weighted by atomic mass is 19.1. The number of hydrogen-bond donors (Lipinski definition) is 1. The predicted molar refractivity (Wildman–Crippen MR) is 106 cm³/mol. The Morgan fingerprint density at radius 2 is 1.75 bits per heavy atom. The minimum atomic E-state index is -0.429. The number of halogens is 1. The molecule has 0 bridgehead atoms. The Morgan fingerprint density at radius 3 is 2.50 bits per heavy atom. The molecule has 0 fully saturated rings. The maximum Gasteiger partial charge on any atom is 0.261 e. The molecule has 0 saturated carbocycles. The Balaban J connectivity index is 1.52. The summed E-state index contributed by atoms with van der Waals surface area (Å²) < 4.78 is 14.7. The average Bonchev–Trinajstić information content (AvgIpc) is 2.71. The van der Waals surface area contributed by atoms with E-state index in [0.29, 0.717) is 23.0 Å². The number of hydrogen-bond acceptors (Lipinski definition) is 3. The standard InChI is InChI=1S/C22H16FN3O2/c23-17-10-11-19-20(12-17)24-14-26(22(19)28)13-15-6-8-16(9-7-15)21(27)25-18-4-2-1-3-5-18/h1-12,14H,13H2,(H,25,27). The highest BCUT2D eigenvalue weighted by molar-refractivity contribution is 6.04. The molecular formula is C22H16FN3O2. The average molecular weight is 373 g/mol. The summed E-state index contributed by atoms with van der Waals surface area (Å²) in [5.41, 5.74) is 2.18. The Kier molecular flexibility index (Phi) is 4.68. The van der Waals surface area contributed by atoms with Gasteiger partial charge in [-0.25, -0.2) is 9.37 Å². The second kappa shape index (κ2) is 7.44. The number of benzene rings is 3. The third kappa shape index (κ3) is 3.66. The fraction of sp³-hybridized carbons (Fsp3) is 0.0455. The summed E-state index contributed by atoms with van der Waals surface area (Å²) in [6.07, 6.45) is 1.40. The number of amides is 1. The van der Waals surface area contributed by atoms with Crippen LogP contribution in [0.2, 0.25) is 0 Å². The largest absolute Gasteiger partial charge is 0.322 e. The molecule has 1 amide bonds. The number of para-hydroxylation sites is 1. The molecule has 0 radical (unpaired) electrons. The molecule has 6 heteroatoms. The minimum absolute atomic E-state index is 0.204. The van der Waals surface area contributed by atoms with Gasteiger partial charge in [0.1, 0.15) is 5.82 Å². The van der Waals surface area contributed by atoms with Crippen LogP contribution in [-0.2, 0) is 6.54 Å². The number of aromatic nitrogens is 2. The van der Waals surface area contributed by atoms with E-state index in [4.69, 9.17) is 0 Å². The van der Waals surface area contributed by atoms with Crippen LogP contribution in [0.3, 0.4) is 0 Å². The fourth-order valence-corrected chi connectivity index (χ4v) is 2.93. The van der Waals surface area contributed by atoms with Crippen LogP contribution in [0.4, 0.5) is 10.1 Å². The summed E-state index contributed by atoms with van der Waals surface area (Å²) in [5.74, 6) is -0.633. The predicted octanol–water partition coefficient (Wildman–Crippen LogP) is 3.84. The van der Waals surface area contributed by atoms with E-state index in [-0.39, 0.29) is 11.5 Å².